The number of hydrogen-bond donors (Lipinski definition) is 0. The Kier molecular flexibility index (Phi) is 5.34. The molecule has 4 rings (SSSR count). The maximum atomic E-state index is 13.8. The predicted molar refractivity (Wildman–Crippen MR) is 110 cm³/mol. The molecular weight excluding hydrogens is 400 g/mol. The lowest BCUT2D eigenvalue weighted by Gasteiger charge is -2.24. The molecule has 0 aliphatic carbocycles. The van der Waals surface area contributed by atoms with Gasteiger partial charge in [-0.2, -0.15) is 5.10 Å². The van der Waals surface area contributed by atoms with Gasteiger partial charge < -0.3 is 4.90 Å². The fourth-order valence-corrected chi connectivity index (χ4v) is 5.10. The summed E-state index contributed by atoms with van der Waals surface area (Å²) in [4.78, 5) is 3.41. The first kappa shape index (κ1) is 19.3. The number of thioether (sulfide) groups is 1. The van der Waals surface area contributed by atoms with E-state index in [4.69, 9.17) is 11.6 Å². The van der Waals surface area contributed by atoms with Crippen molar-refractivity contribution in [1.82, 2.24) is 9.78 Å². The van der Waals surface area contributed by atoms with Crippen LogP contribution in [0.2, 0.25) is 5.15 Å². The van der Waals surface area contributed by atoms with Gasteiger partial charge in [-0.15, -0.1) is 11.8 Å². The molecule has 0 spiro atoms. The topological polar surface area (TPSA) is 21.1 Å². The van der Waals surface area contributed by atoms with Gasteiger partial charge in [0.05, 0.1) is 11.4 Å². The summed E-state index contributed by atoms with van der Waals surface area (Å²) >= 11 is 8.14. The van der Waals surface area contributed by atoms with Crippen molar-refractivity contribution < 1.29 is 8.78 Å². The molecule has 1 atom stereocenters. The van der Waals surface area contributed by atoms with Gasteiger partial charge in [0, 0.05) is 35.8 Å². The predicted octanol–water partition coefficient (Wildman–Crippen LogP) is 5.90. The van der Waals surface area contributed by atoms with Gasteiger partial charge in [0.25, 0.3) is 0 Å². The number of fused-ring (bicyclic) bond motifs is 1. The summed E-state index contributed by atoms with van der Waals surface area (Å²) in [6, 6.07) is 12.4. The molecule has 0 saturated heterocycles. The quantitative estimate of drug-likeness (QED) is 0.527. The van der Waals surface area contributed by atoms with Gasteiger partial charge in [0.15, 0.2) is 11.6 Å². The molecule has 28 heavy (non-hydrogen) atoms. The zero-order chi connectivity index (χ0) is 19.8. The molecule has 7 heteroatoms. The van der Waals surface area contributed by atoms with Crippen LogP contribution in [0.25, 0.3) is 0 Å². The lowest BCUT2D eigenvalue weighted by molar-refractivity contribution is 0.506. The van der Waals surface area contributed by atoms with Gasteiger partial charge in [0.2, 0.25) is 0 Å². The summed E-state index contributed by atoms with van der Waals surface area (Å²) in [6.07, 6.45) is 0.807. The highest BCUT2D eigenvalue weighted by molar-refractivity contribution is 7.99. The summed E-state index contributed by atoms with van der Waals surface area (Å²) in [6.45, 7) is 3.39. The van der Waals surface area contributed by atoms with Gasteiger partial charge in [-0.3, -0.25) is 4.68 Å². The van der Waals surface area contributed by atoms with Crippen LogP contribution in [0, 0.1) is 18.6 Å². The van der Waals surface area contributed by atoms with Crippen molar-refractivity contribution in [1.29, 1.82) is 0 Å². The zero-order valence-corrected chi connectivity index (χ0v) is 17.2. The first-order valence-corrected chi connectivity index (χ1v) is 10.3. The van der Waals surface area contributed by atoms with Gasteiger partial charge >= 0.3 is 0 Å². The lowest BCUT2D eigenvalue weighted by Crippen LogP contribution is -2.24. The molecule has 1 aromatic heterocycles. The Hall–Kier alpha value is -2.05. The van der Waals surface area contributed by atoms with Crippen molar-refractivity contribution in [2.75, 3.05) is 11.4 Å². The third kappa shape index (κ3) is 3.63. The number of benzene rings is 2. The van der Waals surface area contributed by atoms with Gasteiger partial charge in [-0.05, 0) is 43.2 Å². The number of aromatic nitrogens is 2. The van der Waals surface area contributed by atoms with E-state index in [0.29, 0.717) is 11.7 Å². The standard InChI is InChI=1S/C21H20ClF2N3S/c1-13-15(21(22)26(2)25-13)12-27-10-9-19(14-7-8-16(23)17(24)11-14)28-20-6-4-3-5-18(20)27/h3-8,11,19H,9-10,12H2,1-2H3. The van der Waals surface area contributed by atoms with E-state index >= 15 is 0 Å². The smallest absolute Gasteiger partial charge is 0.159 e. The zero-order valence-electron chi connectivity index (χ0n) is 15.6. The molecule has 2 heterocycles. The molecule has 2 aromatic carbocycles. The Morgan fingerprint density at radius 1 is 1.18 bits per heavy atom. The van der Waals surface area contributed by atoms with Gasteiger partial charge in [-0.1, -0.05) is 29.8 Å². The molecule has 0 N–H and O–H groups in total. The molecule has 0 radical (unpaired) electrons. The molecule has 0 bridgehead atoms. The average molecular weight is 420 g/mol. The largest absolute Gasteiger partial charge is 0.366 e. The molecule has 0 saturated carbocycles. The number of para-hydroxylation sites is 1. The third-order valence-electron chi connectivity index (χ3n) is 5.07. The molecule has 3 nitrogen and oxygen atoms in total. The minimum atomic E-state index is -0.814. The maximum absolute atomic E-state index is 13.8. The monoisotopic (exact) mass is 419 g/mol. The van der Waals surface area contributed by atoms with Gasteiger partial charge in [0.1, 0.15) is 5.15 Å². The number of hydrogen-bond acceptors (Lipinski definition) is 3. The Morgan fingerprint density at radius 2 is 1.96 bits per heavy atom. The van der Waals surface area contributed by atoms with Crippen LogP contribution >= 0.6 is 23.4 Å². The molecule has 1 aliphatic rings. The molecule has 0 amide bonds. The molecule has 1 aliphatic heterocycles. The Morgan fingerprint density at radius 3 is 2.68 bits per heavy atom. The second kappa shape index (κ2) is 7.76. The van der Waals surface area contributed by atoms with Crippen LogP contribution in [0.3, 0.4) is 0 Å². The third-order valence-corrected chi connectivity index (χ3v) is 6.93. The highest BCUT2D eigenvalue weighted by atomic mass is 35.5. The molecule has 0 fully saturated rings. The van der Waals surface area contributed by atoms with Crippen LogP contribution < -0.4 is 4.90 Å². The van der Waals surface area contributed by atoms with E-state index in [2.05, 4.69) is 22.1 Å². The normalized spacial score (nSPS) is 16.8. The van der Waals surface area contributed by atoms with Crippen LogP contribution in [0.1, 0.15) is 28.5 Å². The SMILES string of the molecule is Cc1nn(C)c(Cl)c1CN1CCC(c2ccc(F)c(F)c2)Sc2ccccc21. The highest BCUT2D eigenvalue weighted by Gasteiger charge is 2.25. The Balaban J connectivity index is 1.67. The van der Waals surface area contributed by atoms with E-state index in [-0.39, 0.29) is 5.25 Å². The first-order valence-electron chi connectivity index (χ1n) is 9.07. The fraction of sp³-hybridized carbons (Fsp3) is 0.286. The van der Waals surface area contributed by atoms with E-state index < -0.39 is 11.6 Å². The number of anilines is 1. The number of halogens is 3. The van der Waals surface area contributed by atoms with E-state index in [1.54, 1.807) is 22.5 Å². The Labute approximate surface area is 172 Å². The lowest BCUT2D eigenvalue weighted by atomic mass is 10.1. The fourth-order valence-electron chi connectivity index (χ4n) is 3.58. The summed E-state index contributed by atoms with van der Waals surface area (Å²) in [5, 5.41) is 5.10. The van der Waals surface area contributed by atoms with Crippen molar-refractivity contribution in [2.45, 2.75) is 30.0 Å². The van der Waals surface area contributed by atoms with Crippen molar-refractivity contribution >= 4 is 29.1 Å². The van der Waals surface area contributed by atoms with E-state index in [1.165, 1.54) is 12.1 Å². The molecule has 1 unspecified atom stereocenters. The van der Waals surface area contributed by atoms with E-state index in [0.717, 1.165) is 40.4 Å². The van der Waals surface area contributed by atoms with Crippen molar-refractivity contribution in [3.05, 3.63) is 76.1 Å². The van der Waals surface area contributed by atoms with Crippen LogP contribution in [-0.2, 0) is 13.6 Å². The second-order valence-electron chi connectivity index (χ2n) is 6.94. The van der Waals surface area contributed by atoms with Crippen LogP contribution in [0.5, 0.6) is 0 Å². The minimum Gasteiger partial charge on any atom is -0.366 e. The minimum absolute atomic E-state index is 0.0479. The summed E-state index contributed by atoms with van der Waals surface area (Å²) < 4.78 is 28.8. The maximum Gasteiger partial charge on any atom is 0.159 e. The van der Waals surface area contributed by atoms with E-state index in [1.807, 2.05) is 26.1 Å². The molecule has 146 valence electrons. The second-order valence-corrected chi connectivity index (χ2v) is 8.54. The summed E-state index contributed by atoms with van der Waals surface area (Å²) in [7, 11) is 1.84. The first-order chi connectivity index (χ1) is 13.4. The van der Waals surface area contributed by atoms with Crippen LogP contribution in [-0.4, -0.2) is 16.3 Å². The number of rotatable bonds is 3. The number of aryl methyl sites for hydroxylation is 2. The van der Waals surface area contributed by atoms with Gasteiger partial charge in [-0.25, -0.2) is 8.78 Å². The van der Waals surface area contributed by atoms with Crippen molar-refractivity contribution in [2.24, 2.45) is 7.05 Å². The van der Waals surface area contributed by atoms with Crippen LogP contribution in [0.15, 0.2) is 47.4 Å². The molecule has 3 aromatic rings. The summed E-state index contributed by atoms with van der Waals surface area (Å²) in [5.74, 6) is -1.61. The van der Waals surface area contributed by atoms with Crippen LogP contribution in [0.4, 0.5) is 14.5 Å². The highest BCUT2D eigenvalue weighted by Crippen LogP contribution is 2.45. The average Bonchev–Trinajstić information content (AvgIpc) is 2.84. The molecular formula is C21H20ClF2N3S. The number of nitrogens with zero attached hydrogens (tertiary/aromatic N) is 3. The van der Waals surface area contributed by atoms with E-state index in [9.17, 15) is 8.78 Å². The van der Waals surface area contributed by atoms with Crippen molar-refractivity contribution in [3.8, 4) is 0 Å². The Bertz CT molecular complexity index is 1020. The summed E-state index contributed by atoms with van der Waals surface area (Å²) in [5.41, 5.74) is 3.85. The van der Waals surface area contributed by atoms with Crippen molar-refractivity contribution in [3.63, 3.8) is 0 Å².